The molecule has 0 saturated carbocycles. The molecule has 4 N–H and O–H groups in total. The molecule has 0 aliphatic carbocycles. The summed E-state index contributed by atoms with van der Waals surface area (Å²) in [5, 5.41) is 8.85. The van der Waals surface area contributed by atoms with Gasteiger partial charge >= 0.3 is 12.2 Å². The van der Waals surface area contributed by atoms with Gasteiger partial charge in [-0.25, -0.2) is 14.6 Å². The van der Waals surface area contributed by atoms with Gasteiger partial charge in [0.1, 0.15) is 33.9 Å². The standard InChI is InChI=1S/C38H48N8O6S2/c1-19(2)29(41-37(49)51-7)35(47)45-17-21(5)13-27(45)31-39-25-15-23(53-33(25)43-31)11-9-10-12-24-16-26-34(54-24)44-32(40-26)28-14-22(6)18-46(28)36(48)30(20(3)4)42-38(50)52-8/h15-16,19-22,25,27-30,33H,13-14,17-18H2,1-8H3,(H,39,43)(H,40,44)(H,41,49)(H,42,50)/t21-,22+,25?,27-,28+,29-,30+,33?/m1/s1. The number of carbonyl (C=O) groups is 4. The fraction of sp³-hybridized carbons (Fsp3) is 0.579. The van der Waals surface area contributed by atoms with Crippen LogP contribution in [0.3, 0.4) is 0 Å². The van der Waals surface area contributed by atoms with Crippen molar-refractivity contribution in [3.63, 3.8) is 0 Å². The highest BCUT2D eigenvalue weighted by atomic mass is 32.2. The van der Waals surface area contributed by atoms with Crippen LogP contribution in [-0.4, -0.2) is 106 Å². The molecule has 6 heterocycles. The van der Waals surface area contributed by atoms with E-state index < -0.39 is 24.3 Å². The molecule has 8 atom stereocenters. The molecular weight excluding hydrogens is 729 g/mol. The molecule has 4 aliphatic rings. The predicted octanol–water partition coefficient (Wildman–Crippen LogP) is 4.21. The zero-order valence-electron chi connectivity index (χ0n) is 31.8. The van der Waals surface area contributed by atoms with E-state index in [0.29, 0.717) is 19.0 Å². The predicted molar refractivity (Wildman–Crippen MR) is 208 cm³/mol. The number of imidazole rings is 1. The van der Waals surface area contributed by atoms with Crippen molar-refractivity contribution < 1.29 is 28.7 Å². The number of H-pyrrole nitrogens is 1. The number of aliphatic imine (C=N–C) groups is 1. The molecule has 2 fully saturated rings. The van der Waals surface area contributed by atoms with Gasteiger partial charge in [0.25, 0.3) is 0 Å². The topological polar surface area (TPSA) is 170 Å². The van der Waals surface area contributed by atoms with Crippen LogP contribution in [-0.2, 0) is 19.1 Å². The number of methoxy groups -OCH3 is 2. The van der Waals surface area contributed by atoms with Crippen molar-refractivity contribution in [2.24, 2.45) is 28.7 Å². The Morgan fingerprint density at radius 3 is 2.02 bits per heavy atom. The lowest BCUT2D eigenvalue weighted by atomic mass is 10.0. The molecule has 2 saturated heterocycles. The maximum Gasteiger partial charge on any atom is 0.407 e. The van der Waals surface area contributed by atoms with E-state index in [1.807, 2.05) is 43.6 Å². The summed E-state index contributed by atoms with van der Waals surface area (Å²) in [7, 11) is 2.58. The summed E-state index contributed by atoms with van der Waals surface area (Å²) in [6.45, 7) is 13.0. The molecule has 2 aromatic rings. The fourth-order valence-electron chi connectivity index (χ4n) is 7.39. The summed E-state index contributed by atoms with van der Waals surface area (Å²) >= 11 is 3.04. The van der Waals surface area contributed by atoms with Gasteiger partial charge in [-0.2, -0.15) is 0 Å². The summed E-state index contributed by atoms with van der Waals surface area (Å²) in [4.78, 5) is 70.5. The first kappa shape index (κ1) is 39.0. The molecule has 4 amide bonds. The van der Waals surface area contributed by atoms with E-state index in [4.69, 9.17) is 19.5 Å². The maximum absolute atomic E-state index is 13.6. The van der Waals surface area contributed by atoms with E-state index >= 15 is 0 Å². The third kappa shape index (κ3) is 8.35. The van der Waals surface area contributed by atoms with Crippen LogP contribution in [0.25, 0.3) is 10.3 Å². The van der Waals surface area contributed by atoms with Crippen LogP contribution in [0.1, 0.15) is 71.1 Å². The molecule has 0 aromatic carbocycles. The average molecular weight is 777 g/mol. The number of likely N-dealkylation sites (tertiary alicyclic amines) is 2. The van der Waals surface area contributed by atoms with Gasteiger partial charge in [0, 0.05) is 13.1 Å². The second kappa shape index (κ2) is 16.4. The Kier molecular flexibility index (Phi) is 11.8. The van der Waals surface area contributed by atoms with Crippen LogP contribution in [0.2, 0.25) is 0 Å². The minimum atomic E-state index is -0.699. The third-order valence-corrected chi connectivity index (χ3v) is 12.2. The maximum atomic E-state index is 13.6. The van der Waals surface area contributed by atoms with Crippen LogP contribution in [0, 0.1) is 47.4 Å². The first-order valence-electron chi connectivity index (χ1n) is 18.3. The zero-order valence-corrected chi connectivity index (χ0v) is 33.4. The number of thioether (sulfide) groups is 1. The normalized spacial score (nSPS) is 25.5. The number of alkyl carbamates (subject to hydrolysis) is 2. The molecule has 16 heteroatoms. The quantitative estimate of drug-likeness (QED) is 0.287. The van der Waals surface area contributed by atoms with Crippen LogP contribution in [0.4, 0.5) is 9.59 Å². The summed E-state index contributed by atoms with van der Waals surface area (Å²) < 4.78 is 9.52. The lowest BCUT2D eigenvalue weighted by molar-refractivity contribution is -0.136. The number of fused-ring (bicyclic) bond motifs is 2. The van der Waals surface area contributed by atoms with Gasteiger partial charge in [-0.15, -0.1) is 11.3 Å². The van der Waals surface area contributed by atoms with Crippen molar-refractivity contribution in [1.29, 1.82) is 0 Å². The highest BCUT2D eigenvalue weighted by Gasteiger charge is 2.45. The first-order valence-corrected chi connectivity index (χ1v) is 20.0. The second-order valence-electron chi connectivity index (χ2n) is 15.1. The van der Waals surface area contributed by atoms with Crippen LogP contribution >= 0.6 is 23.1 Å². The van der Waals surface area contributed by atoms with Crippen molar-refractivity contribution in [2.75, 3.05) is 27.3 Å². The number of carbonyl (C=O) groups excluding carboxylic acids is 4. The highest BCUT2D eigenvalue weighted by Crippen LogP contribution is 2.38. The number of aromatic nitrogens is 2. The number of rotatable bonds is 8. The number of thiophene rings is 1. The Bertz CT molecular complexity index is 1950. The van der Waals surface area contributed by atoms with Crippen molar-refractivity contribution in [3.05, 3.63) is 27.7 Å². The molecule has 6 rings (SSSR count). The van der Waals surface area contributed by atoms with E-state index in [1.165, 1.54) is 25.6 Å². The molecule has 54 heavy (non-hydrogen) atoms. The van der Waals surface area contributed by atoms with Gasteiger partial charge in [0.2, 0.25) is 11.8 Å². The summed E-state index contributed by atoms with van der Waals surface area (Å²) in [5.74, 6) is 13.8. The minimum absolute atomic E-state index is 0.0305. The van der Waals surface area contributed by atoms with Gasteiger partial charge < -0.3 is 40.2 Å². The smallest absolute Gasteiger partial charge is 0.407 e. The van der Waals surface area contributed by atoms with E-state index in [2.05, 4.69) is 64.5 Å². The molecule has 4 aliphatic heterocycles. The van der Waals surface area contributed by atoms with Crippen LogP contribution < -0.4 is 16.0 Å². The van der Waals surface area contributed by atoms with Crippen LogP contribution in [0.15, 0.2) is 22.0 Å². The largest absolute Gasteiger partial charge is 0.453 e. The third-order valence-electron chi connectivity index (χ3n) is 10.1. The number of nitrogens with one attached hydrogen (secondary N) is 4. The number of ether oxygens (including phenoxy) is 2. The van der Waals surface area contributed by atoms with Gasteiger partial charge in [-0.05, 0) is 72.3 Å². The lowest BCUT2D eigenvalue weighted by Crippen LogP contribution is -2.55. The van der Waals surface area contributed by atoms with Crippen LogP contribution in [0.5, 0.6) is 0 Å². The Morgan fingerprint density at radius 2 is 1.46 bits per heavy atom. The number of hydrogen-bond donors (Lipinski definition) is 4. The highest BCUT2D eigenvalue weighted by molar-refractivity contribution is 8.04. The van der Waals surface area contributed by atoms with Gasteiger partial charge in [-0.1, -0.05) is 53.3 Å². The summed E-state index contributed by atoms with van der Waals surface area (Å²) in [6, 6.07) is 0.118. The second-order valence-corrected chi connectivity index (χ2v) is 17.3. The number of nitrogens with zero attached hydrogens (tertiary/aromatic N) is 4. The minimum Gasteiger partial charge on any atom is -0.453 e. The van der Waals surface area contributed by atoms with Crippen molar-refractivity contribution in [1.82, 2.24) is 35.7 Å². The monoisotopic (exact) mass is 776 g/mol. The van der Waals surface area contributed by atoms with E-state index in [1.54, 1.807) is 11.8 Å². The molecule has 0 bridgehead atoms. The fourth-order valence-corrected chi connectivity index (χ4v) is 9.30. The number of amidine groups is 1. The van der Waals surface area contributed by atoms with Gasteiger partial charge in [0.15, 0.2) is 0 Å². The Balaban J connectivity index is 1.07. The molecule has 0 radical (unpaired) electrons. The zero-order chi connectivity index (χ0) is 38.8. The van der Waals surface area contributed by atoms with E-state index in [-0.39, 0.29) is 53.1 Å². The lowest BCUT2D eigenvalue weighted by Gasteiger charge is -2.31. The molecule has 0 spiro atoms. The van der Waals surface area contributed by atoms with Crippen molar-refractivity contribution in [3.8, 4) is 23.7 Å². The molecule has 2 unspecified atom stereocenters. The van der Waals surface area contributed by atoms with Gasteiger partial charge in [0.05, 0.1) is 47.6 Å². The Morgan fingerprint density at radius 1 is 0.889 bits per heavy atom. The molecular formula is C38H48N8O6S2. The first-order chi connectivity index (χ1) is 25.8. The number of allylic oxidation sites excluding steroid dienone is 1. The van der Waals surface area contributed by atoms with E-state index in [0.717, 1.165) is 44.6 Å². The number of aromatic amines is 1. The average Bonchev–Trinajstić information content (AvgIpc) is 3.97. The molecule has 14 nitrogen and oxygen atoms in total. The number of amides is 4. The van der Waals surface area contributed by atoms with Gasteiger partial charge in [-0.3, -0.25) is 14.6 Å². The SMILES string of the molecule is COC(=O)N[C@H](C(=O)N1C[C@@H](C)C[C@H]1c1nc2sc(C#CC#CC3=CC4NC([C@H]5C[C@@H](C)CN5C(=O)[C@H](NC(=O)OC)C(C)C)=NC4S3)cc2[nH]1)C(C)C. The molecule has 288 valence electrons. The van der Waals surface area contributed by atoms with Crippen molar-refractivity contribution >= 4 is 63.3 Å². The Labute approximate surface area is 324 Å². The van der Waals surface area contributed by atoms with Crippen molar-refractivity contribution in [2.45, 2.75) is 90.0 Å². The number of hydrogen-bond acceptors (Lipinski definition) is 11. The summed E-state index contributed by atoms with van der Waals surface area (Å²) in [5.41, 5.74) is 0.852. The summed E-state index contributed by atoms with van der Waals surface area (Å²) in [6.07, 6.45) is 2.36. The Hall–Kier alpha value is -4.67. The molecule has 2 aromatic heterocycles. The van der Waals surface area contributed by atoms with E-state index in [9.17, 15) is 19.2 Å².